The van der Waals surface area contributed by atoms with E-state index in [2.05, 4.69) is 18.7 Å². The topological polar surface area (TPSA) is 46.3 Å². The molecule has 0 radical (unpaired) electrons. The second kappa shape index (κ2) is 4.35. The maximum atomic E-state index is 12.6. The van der Waals surface area contributed by atoms with E-state index in [4.69, 9.17) is 5.73 Å². The molecule has 0 spiro atoms. The predicted molar refractivity (Wildman–Crippen MR) is 74.0 cm³/mol. The van der Waals surface area contributed by atoms with Gasteiger partial charge in [0.25, 0.3) is 5.91 Å². The van der Waals surface area contributed by atoms with Gasteiger partial charge in [0.2, 0.25) is 0 Å². The Bertz CT molecular complexity index is 449. The Hall–Kier alpha value is -0.870. The van der Waals surface area contributed by atoms with Crippen LogP contribution < -0.4 is 5.73 Å². The van der Waals surface area contributed by atoms with Crippen LogP contribution >= 0.6 is 11.3 Å². The number of amides is 1. The van der Waals surface area contributed by atoms with Gasteiger partial charge in [0.15, 0.2) is 0 Å². The first-order valence-corrected chi connectivity index (χ1v) is 7.53. The Morgan fingerprint density at radius 1 is 1.33 bits per heavy atom. The van der Waals surface area contributed by atoms with Crippen LogP contribution in [0.3, 0.4) is 0 Å². The molecular weight excluding hydrogens is 244 g/mol. The molecule has 1 amide bonds. The molecule has 2 aliphatic heterocycles. The number of nitrogens with zero attached hydrogens (tertiary/aromatic N) is 1. The minimum absolute atomic E-state index is 0.232. The molecule has 2 atom stereocenters. The van der Waals surface area contributed by atoms with Crippen LogP contribution in [0.1, 0.15) is 45.8 Å². The van der Waals surface area contributed by atoms with Crippen molar-refractivity contribution in [2.24, 2.45) is 5.73 Å². The number of nitrogens with two attached hydrogens (primary N) is 1. The fourth-order valence-corrected chi connectivity index (χ4v) is 4.33. The zero-order chi connectivity index (χ0) is 12.9. The van der Waals surface area contributed by atoms with Gasteiger partial charge in [-0.1, -0.05) is 0 Å². The van der Waals surface area contributed by atoms with E-state index in [1.54, 1.807) is 11.3 Å². The van der Waals surface area contributed by atoms with Gasteiger partial charge in [-0.3, -0.25) is 4.79 Å². The highest BCUT2D eigenvalue weighted by Crippen LogP contribution is 2.37. The first-order valence-electron chi connectivity index (χ1n) is 6.71. The van der Waals surface area contributed by atoms with E-state index in [1.807, 2.05) is 6.07 Å². The first kappa shape index (κ1) is 12.2. The zero-order valence-electron chi connectivity index (χ0n) is 11.0. The second-order valence-corrected chi connectivity index (χ2v) is 6.94. The monoisotopic (exact) mass is 264 g/mol. The molecular formula is C14H20N2OS. The lowest BCUT2D eigenvalue weighted by atomic mass is 9.98. The standard InChI is InChI=1S/C14H20N2OS/c1-8-5-13(18-9(8)2)14(17)16-11-3-4-12(16)7-10(15)6-11/h5,10-12H,3-4,6-7,15H2,1-2H3. The SMILES string of the molecule is Cc1cc(C(=O)N2C3CCC2CC(N)C3)sc1C. The molecule has 2 fully saturated rings. The Morgan fingerprint density at radius 3 is 2.44 bits per heavy atom. The predicted octanol–water partition coefficient (Wildman–Crippen LogP) is 2.46. The molecule has 0 aromatic carbocycles. The van der Waals surface area contributed by atoms with Crippen molar-refractivity contribution in [3.8, 4) is 0 Å². The minimum Gasteiger partial charge on any atom is -0.332 e. The first-order chi connectivity index (χ1) is 8.56. The van der Waals surface area contributed by atoms with Gasteiger partial charge in [-0.05, 0) is 51.2 Å². The molecule has 2 unspecified atom stereocenters. The van der Waals surface area contributed by atoms with E-state index in [0.717, 1.165) is 30.6 Å². The van der Waals surface area contributed by atoms with Crippen LogP contribution in [0.2, 0.25) is 0 Å². The molecule has 1 aromatic rings. The summed E-state index contributed by atoms with van der Waals surface area (Å²) >= 11 is 1.63. The van der Waals surface area contributed by atoms with Crippen LogP contribution in [0.25, 0.3) is 0 Å². The molecule has 3 nitrogen and oxygen atoms in total. The highest BCUT2D eigenvalue weighted by Gasteiger charge is 2.42. The third kappa shape index (κ3) is 1.88. The molecule has 3 heterocycles. The lowest BCUT2D eigenvalue weighted by molar-refractivity contribution is 0.0580. The Kier molecular flexibility index (Phi) is 2.94. The van der Waals surface area contributed by atoms with Gasteiger partial charge < -0.3 is 10.6 Å². The number of aryl methyl sites for hydroxylation is 2. The van der Waals surface area contributed by atoms with Gasteiger partial charge in [0.1, 0.15) is 0 Å². The molecule has 0 saturated carbocycles. The van der Waals surface area contributed by atoms with Crippen LogP contribution in [0, 0.1) is 13.8 Å². The van der Waals surface area contributed by atoms with Gasteiger partial charge in [0.05, 0.1) is 4.88 Å². The van der Waals surface area contributed by atoms with E-state index in [1.165, 1.54) is 10.4 Å². The number of carbonyl (C=O) groups excluding carboxylic acids is 1. The van der Waals surface area contributed by atoms with Gasteiger partial charge in [-0.15, -0.1) is 11.3 Å². The molecule has 3 rings (SSSR count). The summed E-state index contributed by atoms with van der Waals surface area (Å²) < 4.78 is 0. The largest absolute Gasteiger partial charge is 0.332 e. The highest BCUT2D eigenvalue weighted by atomic mass is 32.1. The summed E-state index contributed by atoms with van der Waals surface area (Å²) in [5, 5.41) is 0. The minimum atomic E-state index is 0.232. The number of piperidine rings is 1. The van der Waals surface area contributed by atoms with E-state index < -0.39 is 0 Å². The van der Waals surface area contributed by atoms with Crippen LogP contribution in [0.4, 0.5) is 0 Å². The van der Waals surface area contributed by atoms with Crippen molar-refractivity contribution in [1.29, 1.82) is 0 Å². The van der Waals surface area contributed by atoms with Gasteiger partial charge in [0, 0.05) is 23.0 Å². The van der Waals surface area contributed by atoms with E-state index in [9.17, 15) is 4.79 Å². The van der Waals surface area contributed by atoms with Gasteiger partial charge >= 0.3 is 0 Å². The molecule has 2 aliphatic rings. The lowest BCUT2D eigenvalue weighted by Crippen LogP contribution is -2.49. The average Bonchev–Trinajstić information content (AvgIpc) is 2.78. The summed E-state index contributed by atoms with van der Waals surface area (Å²) in [4.78, 5) is 16.9. The lowest BCUT2D eigenvalue weighted by Gasteiger charge is -2.37. The quantitative estimate of drug-likeness (QED) is 0.847. The fourth-order valence-electron chi connectivity index (χ4n) is 3.36. The Morgan fingerprint density at radius 2 is 1.94 bits per heavy atom. The molecule has 0 aliphatic carbocycles. The van der Waals surface area contributed by atoms with Crippen LogP contribution in [-0.2, 0) is 0 Å². The second-order valence-electron chi connectivity index (χ2n) is 5.68. The molecule has 2 N–H and O–H groups in total. The van der Waals surface area contributed by atoms with Crippen molar-refractivity contribution in [1.82, 2.24) is 4.90 Å². The summed E-state index contributed by atoms with van der Waals surface area (Å²) in [6.07, 6.45) is 4.22. The van der Waals surface area contributed by atoms with Crippen molar-refractivity contribution in [2.75, 3.05) is 0 Å². The van der Waals surface area contributed by atoms with E-state index in [0.29, 0.717) is 18.1 Å². The number of rotatable bonds is 1. The highest BCUT2D eigenvalue weighted by molar-refractivity contribution is 7.14. The maximum Gasteiger partial charge on any atom is 0.264 e. The molecule has 98 valence electrons. The van der Waals surface area contributed by atoms with E-state index >= 15 is 0 Å². The van der Waals surface area contributed by atoms with Gasteiger partial charge in [-0.2, -0.15) is 0 Å². The average molecular weight is 264 g/mol. The Labute approximate surface area is 112 Å². The molecule has 18 heavy (non-hydrogen) atoms. The number of hydrogen-bond acceptors (Lipinski definition) is 3. The normalized spacial score (nSPS) is 30.8. The van der Waals surface area contributed by atoms with E-state index in [-0.39, 0.29) is 5.91 Å². The third-order valence-electron chi connectivity index (χ3n) is 4.38. The van der Waals surface area contributed by atoms with Crippen molar-refractivity contribution >= 4 is 17.2 Å². The maximum absolute atomic E-state index is 12.6. The number of fused-ring (bicyclic) bond motifs is 2. The molecule has 1 aromatic heterocycles. The zero-order valence-corrected chi connectivity index (χ0v) is 11.8. The summed E-state index contributed by atoms with van der Waals surface area (Å²) in [5.74, 6) is 0.232. The summed E-state index contributed by atoms with van der Waals surface area (Å²) in [5.41, 5.74) is 7.28. The summed E-state index contributed by atoms with van der Waals surface area (Å²) in [6.45, 7) is 4.15. The number of thiophene rings is 1. The van der Waals surface area contributed by atoms with Crippen LogP contribution in [0.15, 0.2) is 6.07 Å². The van der Waals surface area contributed by atoms with Crippen molar-refractivity contribution < 1.29 is 4.79 Å². The number of carbonyl (C=O) groups is 1. The smallest absolute Gasteiger partial charge is 0.264 e. The number of hydrogen-bond donors (Lipinski definition) is 1. The summed E-state index contributed by atoms with van der Waals surface area (Å²) in [6, 6.07) is 3.09. The van der Waals surface area contributed by atoms with Crippen LogP contribution in [-0.4, -0.2) is 28.9 Å². The van der Waals surface area contributed by atoms with Crippen molar-refractivity contribution in [3.63, 3.8) is 0 Å². The fraction of sp³-hybridized carbons (Fsp3) is 0.643. The summed E-state index contributed by atoms with van der Waals surface area (Å²) in [7, 11) is 0. The molecule has 2 bridgehead atoms. The molecule has 4 heteroatoms. The molecule has 2 saturated heterocycles. The van der Waals surface area contributed by atoms with Gasteiger partial charge in [-0.25, -0.2) is 0 Å². The Balaban J connectivity index is 1.85. The van der Waals surface area contributed by atoms with Crippen LogP contribution in [0.5, 0.6) is 0 Å². The van der Waals surface area contributed by atoms with Crippen molar-refractivity contribution in [2.45, 2.75) is 57.7 Å². The van der Waals surface area contributed by atoms with Crippen molar-refractivity contribution in [3.05, 3.63) is 21.4 Å². The third-order valence-corrected chi connectivity index (χ3v) is 5.52.